The zero-order valence-electron chi connectivity index (χ0n) is 13.9. The Labute approximate surface area is 148 Å². The highest BCUT2D eigenvalue weighted by Gasteiger charge is 2.10. The van der Waals surface area contributed by atoms with Gasteiger partial charge in [0.2, 0.25) is 0 Å². The molecule has 3 aromatic rings. The summed E-state index contributed by atoms with van der Waals surface area (Å²) in [6.45, 7) is 0.327. The van der Waals surface area contributed by atoms with Crippen LogP contribution in [-0.2, 0) is 6.42 Å². The van der Waals surface area contributed by atoms with Crippen LogP contribution in [0.2, 0.25) is 0 Å². The third-order valence-corrected chi connectivity index (χ3v) is 3.84. The van der Waals surface area contributed by atoms with Gasteiger partial charge in [0, 0.05) is 11.1 Å². The maximum Gasteiger partial charge on any atom is 0.252 e. The van der Waals surface area contributed by atoms with E-state index in [4.69, 9.17) is 0 Å². The number of nitrogens with one attached hydrogen (secondary N) is 1. The van der Waals surface area contributed by atoms with E-state index in [1.807, 2.05) is 72.8 Å². The molecule has 122 valence electrons. The molecule has 3 rings (SSSR count). The summed E-state index contributed by atoms with van der Waals surface area (Å²) >= 11 is 0. The summed E-state index contributed by atoms with van der Waals surface area (Å²) in [4.78, 5) is 12.5. The lowest BCUT2D eigenvalue weighted by Gasteiger charge is -2.09. The molecule has 0 aliphatic rings. The van der Waals surface area contributed by atoms with Gasteiger partial charge >= 0.3 is 0 Å². The highest BCUT2D eigenvalue weighted by atomic mass is 16.1. The minimum Gasteiger partial charge on any atom is -0.341 e. The molecule has 2 nitrogen and oxygen atoms in total. The third kappa shape index (κ3) is 4.83. The maximum atomic E-state index is 12.5. The second-order valence-electron chi connectivity index (χ2n) is 5.67. The summed E-state index contributed by atoms with van der Waals surface area (Å²) in [5.41, 5.74) is 3.85. The highest BCUT2D eigenvalue weighted by molar-refractivity contribution is 5.95. The molecule has 0 aliphatic carbocycles. The smallest absolute Gasteiger partial charge is 0.252 e. The number of carbonyl (C=O) groups excluding carboxylic acids is 1. The first-order chi connectivity index (χ1) is 12.3. The first kappa shape index (κ1) is 16.5. The van der Waals surface area contributed by atoms with Crippen molar-refractivity contribution in [3.63, 3.8) is 0 Å². The van der Waals surface area contributed by atoms with Gasteiger partial charge in [0.1, 0.15) is 0 Å². The molecule has 0 aliphatic heterocycles. The lowest BCUT2D eigenvalue weighted by Crippen LogP contribution is -2.24. The largest absolute Gasteiger partial charge is 0.341 e. The van der Waals surface area contributed by atoms with Crippen LogP contribution in [0.25, 0.3) is 0 Å². The van der Waals surface area contributed by atoms with Gasteiger partial charge in [0.15, 0.2) is 0 Å². The predicted molar refractivity (Wildman–Crippen MR) is 101 cm³/mol. The molecular formula is C23H19NO. The number of rotatable bonds is 4. The van der Waals surface area contributed by atoms with Crippen molar-refractivity contribution in [3.05, 3.63) is 107 Å². The van der Waals surface area contributed by atoms with E-state index in [0.717, 1.165) is 17.5 Å². The van der Waals surface area contributed by atoms with Gasteiger partial charge in [-0.15, -0.1) is 0 Å². The monoisotopic (exact) mass is 325 g/mol. The van der Waals surface area contributed by atoms with Gasteiger partial charge in [-0.05, 0) is 35.7 Å². The second kappa shape index (κ2) is 8.52. The van der Waals surface area contributed by atoms with Crippen molar-refractivity contribution in [1.82, 2.24) is 5.32 Å². The Morgan fingerprint density at radius 2 is 1.44 bits per heavy atom. The van der Waals surface area contributed by atoms with Gasteiger partial charge in [-0.1, -0.05) is 78.6 Å². The van der Waals surface area contributed by atoms with Gasteiger partial charge < -0.3 is 5.32 Å². The molecule has 0 unspecified atom stereocenters. The van der Waals surface area contributed by atoms with Crippen LogP contribution in [0.1, 0.15) is 27.0 Å². The Morgan fingerprint density at radius 3 is 2.20 bits per heavy atom. The molecule has 25 heavy (non-hydrogen) atoms. The summed E-state index contributed by atoms with van der Waals surface area (Å²) in [5.74, 6) is 5.94. The van der Waals surface area contributed by atoms with Crippen molar-refractivity contribution in [2.45, 2.75) is 6.42 Å². The number of amides is 1. The average Bonchev–Trinajstić information content (AvgIpc) is 2.67. The van der Waals surface area contributed by atoms with Crippen LogP contribution < -0.4 is 5.32 Å². The van der Waals surface area contributed by atoms with Crippen LogP contribution in [0.3, 0.4) is 0 Å². The molecule has 3 aromatic carbocycles. The van der Waals surface area contributed by atoms with E-state index >= 15 is 0 Å². The molecule has 0 spiro atoms. The zero-order valence-corrected chi connectivity index (χ0v) is 13.9. The van der Waals surface area contributed by atoms with Gasteiger partial charge in [0.25, 0.3) is 5.91 Å². The van der Waals surface area contributed by atoms with Crippen LogP contribution in [0.15, 0.2) is 84.9 Å². The molecule has 1 N–H and O–H groups in total. The molecule has 0 heterocycles. The predicted octanol–water partition coefficient (Wildman–Crippen LogP) is 4.06. The zero-order chi connectivity index (χ0) is 17.3. The SMILES string of the molecule is O=C(NCC#Cc1ccccc1)c1ccccc1Cc1ccccc1. The van der Waals surface area contributed by atoms with Crippen molar-refractivity contribution in [3.8, 4) is 11.8 Å². The van der Waals surface area contributed by atoms with Crippen molar-refractivity contribution >= 4 is 5.91 Å². The molecule has 0 bridgehead atoms. The molecule has 2 heteroatoms. The molecule has 0 aromatic heterocycles. The summed E-state index contributed by atoms with van der Waals surface area (Å²) in [6.07, 6.45) is 0.736. The second-order valence-corrected chi connectivity index (χ2v) is 5.67. The minimum absolute atomic E-state index is 0.0890. The van der Waals surface area contributed by atoms with Gasteiger partial charge in [0.05, 0.1) is 6.54 Å². The van der Waals surface area contributed by atoms with Crippen LogP contribution in [0.4, 0.5) is 0 Å². The maximum absolute atomic E-state index is 12.5. The number of benzene rings is 3. The summed E-state index contributed by atoms with van der Waals surface area (Å²) in [6, 6.07) is 27.6. The lowest BCUT2D eigenvalue weighted by atomic mass is 9.99. The average molecular weight is 325 g/mol. The Bertz CT molecular complexity index is 889. The fraction of sp³-hybridized carbons (Fsp3) is 0.0870. The Morgan fingerprint density at radius 1 is 0.800 bits per heavy atom. The van der Waals surface area contributed by atoms with Crippen LogP contribution in [0.5, 0.6) is 0 Å². The van der Waals surface area contributed by atoms with Crippen LogP contribution in [0, 0.1) is 11.8 Å². The van der Waals surface area contributed by atoms with E-state index in [1.165, 1.54) is 5.56 Å². The van der Waals surface area contributed by atoms with E-state index < -0.39 is 0 Å². The first-order valence-electron chi connectivity index (χ1n) is 8.27. The first-order valence-corrected chi connectivity index (χ1v) is 8.27. The molecule has 0 radical (unpaired) electrons. The molecule has 0 fully saturated rings. The molecular weight excluding hydrogens is 306 g/mol. The fourth-order valence-electron chi connectivity index (χ4n) is 2.60. The highest BCUT2D eigenvalue weighted by Crippen LogP contribution is 2.14. The Kier molecular flexibility index (Phi) is 5.64. The van der Waals surface area contributed by atoms with E-state index in [1.54, 1.807) is 0 Å². The van der Waals surface area contributed by atoms with Crippen molar-refractivity contribution < 1.29 is 4.79 Å². The molecule has 1 amide bonds. The van der Waals surface area contributed by atoms with E-state index in [9.17, 15) is 4.79 Å². The Hall–Kier alpha value is -3.31. The van der Waals surface area contributed by atoms with Crippen molar-refractivity contribution in [1.29, 1.82) is 0 Å². The molecule has 0 saturated carbocycles. The normalized spacial score (nSPS) is 9.76. The van der Waals surface area contributed by atoms with Crippen LogP contribution in [-0.4, -0.2) is 12.5 Å². The van der Waals surface area contributed by atoms with E-state index in [-0.39, 0.29) is 5.91 Å². The topological polar surface area (TPSA) is 29.1 Å². The van der Waals surface area contributed by atoms with Crippen molar-refractivity contribution in [2.75, 3.05) is 6.54 Å². The lowest BCUT2D eigenvalue weighted by molar-refractivity contribution is 0.0958. The fourth-order valence-corrected chi connectivity index (χ4v) is 2.60. The van der Waals surface area contributed by atoms with E-state index in [2.05, 4.69) is 29.3 Å². The van der Waals surface area contributed by atoms with Crippen molar-refractivity contribution in [2.24, 2.45) is 0 Å². The summed E-state index contributed by atoms with van der Waals surface area (Å²) in [7, 11) is 0. The van der Waals surface area contributed by atoms with Gasteiger partial charge in [-0.25, -0.2) is 0 Å². The number of hydrogen-bond donors (Lipinski definition) is 1. The number of carbonyl (C=O) groups is 1. The summed E-state index contributed by atoms with van der Waals surface area (Å²) < 4.78 is 0. The standard InChI is InChI=1S/C23H19NO/c25-23(24-17-9-14-19-10-3-1-4-11-19)22-16-8-7-15-21(22)18-20-12-5-2-6-13-20/h1-8,10-13,15-16H,17-18H2,(H,24,25). The quantitative estimate of drug-likeness (QED) is 0.720. The molecule has 0 atom stereocenters. The van der Waals surface area contributed by atoms with Crippen LogP contribution >= 0.6 is 0 Å². The number of hydrogen-bond acceptors (Lipinski definition) is 1. The minimum atomic E-state index is -0.0890. The van der Waals surface area contributed by atoms with E-state index in [0.29, 0.717) is 12.1 Å². The Balaban J connectivity index is 1.65. The molecule has 0 saturated heterocycles. The van der Waals surface area contributed by atoms with Gasteiger partial charge in [-0.2, -0.15) is 0 Å². The third-order valence-electron chi connectivity index (χ3n) is 3.84. The van der Waals surface area contributed by atoms with Gasteiger partial charge in [-0.3, -0.25) is 4.79 Å². The summed E-state index contributed by atoms with van der Waals surface area (Å²) in [5, 5.41) is 2.88.